The summed E-state index contributed by atoms with van der Waals surface area (Å²) in [6, 6.07) is 19.5. The zero-order chi connectivity index (χ0) is 30.8. The molecule has 14 nitrogen and oxygen atoms in total. The molecule has 0 aliphatic heterocycles. The molecule has 0 bridgehead atoms. The van der Waals surface area contributed by atoms with E-state index in [4.69, 9.17) is 9.15 Å². The monoisotopic (exact) mass is 685 g/mol. The number of hydrogen-bond acceptors (Lipinski definition) is 11. The Morgan fingerprint density at radius 2 is 1.70 bits per heavy atom. The van der Waals surface area contributed by atoms with Crippen LogP contribution in [0.15, 0.2) is 85.1 Å². The summed E-state index contributed by atoms with van der Waals surface area (Å²) in [4.78, 5) is 24.7. The quantitative estimate of drug-likeness (QED) is 0.183. The molecule has 0 radical (unpaired) electrons. The fourth-order valence-electron chi connectivity index (χ4n) is 4.88. The van der Waals surface area contributed by atoms with Gasteiger partial charge in [-0.15, -0.1) is 0 Å². The van der Waals surface area contributed by atoms with E-state index in [9.17, 15) is 22.4 Å². The molecule has 3 aromatic carbocycles. The zero-order valence-electron chi connectivity index (χ0n) is 22.4. The number of anilines is 1. The van der Waals surface area contributed by atoms with Gasteiger partial charge in [-0.05, 0) is 66.7 Å². The molecule has 226 valence electrons. The summed E-state index contributed by atoms with van der Waals surface area (Å²) in [5, 5.41) is 16.5. The standard InChI is InChI=1S/C27H21BrFN7O7S/c28-21-13-15(9-10-22(21)29)36-25(35-41-27(36)38)23-24(34-43-33-23)30-11-12-32-44(39,40)42-26(37)31-14-20-18-7-3-1-5-16(18)17-6-2-4-8-19(17)20/h1-10,13,20,32H,11-12,14H2,(H,30,34)(H,31,37). The number of nitrogens with zero attached hydrogens (tertiary/aromatic N) is 4. The van der Waals surface area contributed by atoms with Crippen LogP contribution in [-0.4, -0.2) is 54.2 Å². The highest BCUT2D eigenvalue weighted by molar-refractivity contribution is 9.10. The number of halogens is 2. The summed E-state index contributed by atoms with van der Waals surface area (Å²) in [5.41, 5.74) is 4.35. The number of benzene rings is 3. The average molecular weight is 686 g/mol. The molecule has 2 heterocycles. The first-order valence-electron chi connectivity index (χ1n) is 13.0. The SMILES string of the molecule is O=C(NCC1c2ccccc2-c2ccccc21)OS(=O)(=O)NCCNc1nonc1-c1noc(=O)n1-c1ccc(F)c(Br)c1. The van der Waals surface area contributed by atoms with Crippen molar-refractivity contribution in [1.82, 2.24) is 30.1 Å². The molecule has 44 heavy (non-hydrogen) atoms. The van der Waals surface area contributed by atoms with Crippen LogP contribution in [0.5, 0.6) is 0 Å². The lowest BCUT2D eigenvalue weighted by Gasteiger charge is -2.15. The van der Waals surface area contributed by atoms with Crippen LogP contribution in [0.2, 0.25) is 0 Å². The Kier molecular flexibility index (Phi) is 7.98. The molecule has 0 spiro atoms. The van der Waals surface area contributed by atoms with Crippen molar-refractivity contribution in [3.05, 3.63) is 98.7 Å². The molecule has 0 saturated carbocycles. The van der Waals surface area contributed by atoms with Crippen LogP contribution in [0.1, 0.15) is 17.0 Å². The van der Waals surface area contributed by atoms with E-state index in [0.29, 0.717) is 0 Å². The second-order valence-corrected chi connectivity index (χ2v) is 11.6. The maximum atomic E-state index is 13.7. The number of rotatable bonds is 10. The normalized spacial score (nSPS) is 12.5. The number of nitrogens with one attached hydrogen (secondary N) is 3. The van der Waals surface area contributed by atoms with Gasteiger partial charge in [0.2, 0.25) is 11.6 Å². The van der Waals surface area contributed by atoms with E-state index in [1.807, 2.05) is 48.5 Å². The van der Waals surface area contributed by atoms with Gasteiger partial charge in [-0.25, -0.2) is 23.2 Å². The van der Waals surface area contributed by atoms with Crippen LogP contribution in [0, 0.1) is 5.82 Å². The lowest BCUT2D eigenvalue weighted by Crippen LogP contribution is -2.36. The molecule has 0 atom stereocenters. The van der Waals surface area contributed by atoms with E-state index in [1.165, 1.54) is 12.1 Å². The number of carbonyl (C=O) groups is 1. The van der Waals surface area contributed by atoms with Crippen LogP contribution in [0.4, 0.5) is 15.0 Å². The largest absolute Gasteiger partial charge is 0.446 e. The molecular formula is C27H21BrFN7O7S. The maximum Gasteiger partial charge on any atom is 0.446 e. The van der Waals surface area contributed by atoms with E-state index in [1.54, 1.807) is 0 Å². The van der Waals surface area contributed by atoms with Crippen molar-refractivity contribution in [2.75, 3.05) is 25.0 Å². The Hall–Kier alpha value is -4.87. The second-order valence-electron chi connectivity index (χ2n) is 9.42. The van der Waals surface area contributed by atoms with Gasteiger partial charge in [-0.1, -0.05) is 53.7 Å². The lowest BCUT2D eigenvalue weighted by atomic mass is 9.97. The third-order valence-corrected chi connectivity index (χ3v) is 8.30. The van der Waals surface area contributed by atoms with Crippen molar-refractivity contribution in [3.63, 3.8) is 0 Å². The van der Waals surface area contributed by atoms with Gasteiger partial charge in [0.25, 0.3) is 0 Å². The van der Waals surface area contributed by atoms with Crippen molar-refractivity contribution < 1.29 is 30.9 Å². The van der Waals surface area contributed by atoms with Crippen molar-refractivity contribution in [3.8, 4) is 28.3 Å². The van der Waals surface area contributed by atoms with Gasteiger partial charge >= 0.3 is 22.2 Å². The fraction of sp³-hybridized carbons (Fsp3) is 0.148. The van der Waals surface area contributed by atoms with Crippen LogP contribution in [-0.2, 0) is 14.5 Å². The fourth-order valence-corrected chi connectivity index (χ4v) is 5.92. The van der Waals surface area contributed by atoms with Gasteiger partial charge in [0.1, 0.15) is 5.82 Å². The minimum Gasteiger partial charge on any atom is -0.364 e. The first kappa shape index (κ1) is 29.2. The van der Waals surface area contributed by atoms with Gasteiger partial charge in [-0.3, -0.25) is 4.52 Å². The summed E-state index contributed by atoms with van der Waals surface area (Å²) in [7, 11) is -4.47. The second kappa shape index (κ2) is 12.0. The van der Waals surface area contributed by atoms with Gasteiger partial charge in [0.05, 0.1) is 10.2 Å². The smallest absolute Gasteiger partial charge is 0.364 e. The van der Waals surface area contributed by atoms with Crippen LogP contribution in [0.3, 0.4) is 0 Å². The predicted octanol–water partition coefficient (Wildman–Crippen LogP) is 3.56. The van der Waals surface area contributed by atoms with Crippen LogP contribution < -0.4 is 21.1 Å². The van der Waals surface area contributed by atoms with E-state index < -0.39 is 28.0 Å². The topological polar surface area (TPSA) is 183 Å². The van der Waals surface area contributed by atoms with Crippen molar-refractivity contribution in [1.29, 1.82) is 0 Å². The lowest BCUT2D eigenvalue weighted by molar-refractivity contribution is 0.201. The number of fused-ring (bicyclic) bond motifs is 3. The molecule has 5 aromatic rings. The van der Waals surface area contributed by atoms with E-state index in [0.717, 1.165) is 32.9 Å². The molecule has 1 amide bonds. The van der Waals surface area contributed by atoms with Gasteiger partial charge in [0, 0.05) is 25.6 Å². The molecule has 17 heteroatoms. The minimum absolute atomic E-state index is 0.00297. The zero-order valence-corrected chi connectivity index (χ0v) is 24.8. The van der Waals surface area contributed by atoms with Gasteiger partial charge in [0.15, 0.2) is 5.69 Å². The maximum absolute atomic E-state index is 13.7. The molecule has 0 fully saturated rings. The average Bonchev–Trinajstić information content (AvgIpc) is 3.71. The predicted molar refractivity (Wildman–Crippen MR) is 157 cm³/mol. The van der Waals surface area contributed by atoms with Crippen molar-refractivity contribution in [2.45, 2.75) is 5.92 Å². The van der Waals surface area contributed by atoms with Crippen LogP contribution >= 0.6 is 15.9 Å². The summed E-state index contributed by atoms with van der Waals surface area (Å²) >= 11 is 3.06. The van der Waals surface area contributed by atoms with E-state index in [2.05, 4.69) is 50.9 Å². The van der Waals surface area contributed by atoms with Gasteiger partial charge in [-0.2, -0.15) is 13.1 Å². The third kappa shape index (κ3) is 5.84. The number of amides is 1. The van der Waals surface area contributed by atoms with Crippen molar-refractivity contribution >= 4 is 38.1 Å². The molecule has 1 aliphatic carbocycles. The van der Waals surface area contributed by atoms with E-state index >= 15 is 0 Å². The van der Waals surface area contributed by atoms with E-state index in [-0.39, 0.29) is 53.0 Å². The Morgan fingerprint density at radius 3 is 2.41 bits per heavy atom. The highest BCUT2D eigenvalue weighted by Gasteiger charge is 2.29. The number of hydrogen-bond donors (Lipinski definition) is 3. The number of aromatic nitrogens is 4. The molecule has 2 aromatic heterocycles. The van der Waals surface area contributed by atoms with Crippen LogP contribution in [0.25, 0.3) is 28.3 Å². The molecular weight excluding hydrogens is 665 g/mol. The molecule has 1 aliphatic rings. The highest BCUT2D eigenvalue weighted by Crippen LogP contribution is 2.44. The summed E-state index contributed by atoms with van der Waals surface area (Å²) in [6.07, 6.45) is -1.13. The molecule has 6 rings (SSSR count). The Bertz CT molecular complexity index is 1980. The van der Waals surface area contributed by atoms with Crippen molar-refractivity contribution in [2.24, 2.45) is 0 Å². The first-order valence-corrected chi connectivity index (χ1v) is 15.2. The third-order valence-electron chi connectivity index (χ3n) is 6.76. The minimum atomic E-state index is -4.47. The summed E-state index contributed by atoms with van der Waals surface area (Å²) in [5.74, 6) is -1.68. The summed E-state index contributed by atoms with van der Waals surface area (Å²) in [6.45, 7) is -0.166. The van der Waals surface area contributed by atoms with Gasteiger partial charge < -0.3 is 14.8 Å². The summed E-state index contributed by atoms with van der Waals surface area (Å²) < 4.78 is 55.9. The molecule has 3 N–H and O–H groups in total. The highest BCUT2D eigenvalue weighted by atomic mass is 79.9. The molecule has 0 unspecified atom stereocenters. The Balaban J connectivity index is 1.04. The first-order chi connectivity index (χ1) is 21.2. The Morgan fingerprint density at radius 1 is 1.00 bits per heavy atom. The Labute approximate surface area is 256 Å². The molecule has 0 saturated heterocycles. The number of carbonyl (C=O) groups excluding carboxylic acids is 1.